The SMILES string of the molecule is NC(=O)/C=C/C(=O)Nc1ccccc1O. The largest absolute Gasteiger partial charge is 0.506 e. The molecule has 1 aromatic rings. The van der Waals surface area contributed by atoms with Crippen LogP contribution in [0.2, 0.25) is 0 Å². The molecule has 0 unspecified atom stereocenters. The summed E-state index contributed by atoms with van der Waals surface area (Å²) in [6.07, 6.45) is 1.93. The molecule has 0 aromatic heterocycles. The van der Waals surface area contributed by atoms with Gasteiger partial charge in [0.25, 0.3) is 0 Å². The summed E-state index contributed by atoms with van der Waals surface area (Å²) < 4.78 is 0. The molecule has 78 valence electrons. The Labute approximate surface area is 86.2 Å². The lowest BCUT2D eigenvalue weighted by atomic mass is 10.3. The number of phenolic OH excluding ortho intramolecular Hbond substituents is 1. The van der Waals surface area contributed by atoms with Gasteiger partial charge < -0.3 is 16.2 Å². The lowest BCUT2D eigenvalue weighted by Gasteiger charge is -2.03. The molecule has 0 heterocycles. The van der Waals surface area contributed by atoms with E-state index in [9.17, 15) is 14.7 Å². The summed E-state index contributed by atoms with van der Waals surface area (Å²) in [5.41, 5.74) is 5.08. The van der Waals surface area contributed by atoms with E-state index in [1.807, 2.05) is 0 Å². The Kier molecular flexibility index (Phi) is 3.45. The Balaban J connectivity index is 2.67. The second-order valence-electron chi connectivity index (χ2n) is 2.74. The van der Waals surface area contributed by atoms with Crippen LogP contribution in [0.4, 0.5) is 5.69 Å². The second kappa shape index (κ2) is 4.80. The molecule has 0 spiro atoms. The third kappa shape index (κ3) is 3.51. The van der Waals surface area contributed by atoms with Crippen molar-refractivity contribution in [2.45, 2.75) is 0 Å². The Morgan fingerprint density at radius 3 is 2.53 bits per heavy atom. The minimum absolute atomic E-state index is 0.0432. The monoisotopic (exact) mass is 206 g/mol. The van der Waals surface area contributed by atoms with Crippen molar-refractivity contribution in [2.75, 3.05) is 5.32 Å². The van der Waals surface area contributed by atoms with Gasteiger partial charge in [0.05, 0.1) is 5.69 Å². The molecule has 2 amide bonds. The summed E-state index contributed by atoms with van der Waals surface area (Å²) in [5.74, 6) is -1.28. The zero-order valence-electron chi connectivity index (χ0n) is 7.81. The normalized spacial score (nSPS) is 10.1. The maximum atomic E-state index is 11.2. The molecule has 15 heavy (non-hydrogen) atoms. The molecule has 0 aliphatic rings. The summed E-state index contributed by atoms with van der Waals surface area (Å²) in [4.78, 5) is 21.5. The van der Waals surface area contributed by atoms with Crippen molar-refractivity contribution in [2.24, 2.45) is 5.73 Å². The summed E-state index contributed by atoms with van der Waals surface area (Å²) in [6, 6.07) is 6.26. The number of carbonyl (C=O) groups is 2. The fourth-order valence-corrected chi connectivity index (χ4v) is 0.912. The second-order valence-corrected chi connectivity index (χ2v) is 2.74. The quantitative estimate of drug-likeness (QED) is 0.492. The first kappa shape index (κ1) is 10.8. The third-order valence-electron chi connectivity index (χ3n) is 1.56. The number of para-hydroxylation sites is 2. The number of amides is 2. The van der Waals surface area contributed by atoms with E-state index >= 15 is 0 Å². The van der Waals surface area contributed by atoms with Crippen molar-refractivity contribution in [3.63, 3.8) is 0 Å². The van der Waals surface area contributed by atoms with Crippen molar-refractivity contribution < 1.29 is 14.7 Å². The van der Waals surface area contributed by atoms with Crippen LogP contribution in [-0.4, -0.2) is 16.9 Å². The Hall–Kier alpha value is -2.30. The molecule has 5 heteroatoms. The van der Waals surface area contributed by atoms with Gasteiger partial charge in [-0.1, -0.05) is 12.1 Å². The lowest BCUT2D eigenvalue weighted by molar-refractivity contribution is -0.115. The van der Waals surface area contributed by atoms with Crippen LogP contribution in [0, 0.1) is 0 Å². The van der Waals surface area contributed by atoms with Crippen LogP contribution in [0.1, 0.15) is 0 Å². The van der Waals surface area contributed by atoms with Gasteiger partial charge in [-0.05, 0) is 12.1 Å². The Morgan fingerprint density at radius 2 is 1.93 bits per heavy atom. The number of phenols is 1. The highest BCUT2D eigenvalue weighted by Crippen LogP contribution is 2.21. The van der Waals surface area contributed by atoms with Crippen LogP contribution in [0.15, 0.2) is 36.4 Å². The highest BCUT2D eigenvalue weighted by Gasteiger charge is 2.01. The molecule has 0 saturated heterocycles. The van der Waals surface area contributed by atoms with Gasteiger partial charge in [0.1, 0.15) is 5.75 Å². The minimum atomic E-state index is -0.706. The molecule has 4 N–H and O–H groups in total. The van der Waals surface area contributed by atoms with Gasteiger partial charge >= 0.3 is 0 Å². The Morgan fingerprint density at radius 1 is 1.27 bits per heavy atom. The molecule has 1 aromatic carbocycles. The van der Waals surface area contributed by atoms with Crippen LogP contribution in [0.5, 0.6) is 5.75 Å². The van der Waals surface area contributed by atoms with Gasteiger partial charge in [0.2, 0.25) is 11.8 Å². The molecule has 1 rings (SSSR count). The molecular formula is C10H10N2O3. The van der Waals surface area contributed by atoms with Crippen LogP contribution < -0.4 is 11.1 Å². The van der Waals surface area contributed by atoms with E-state index in [2.05, 4.69) is 5.32 Å². The fourth-order valence-electron chi connectivity index (χ4n) is 0.912. The summed E-state index contributed by atoms with van der Waals surface area (Å²) >= 11 is 0. The first-order valence-corrected chi connectivity index (χ1v) is 4.16. The van der Waals surface area contributed by atoms with Gasteiger partial charge in [0.15, 0.2) is 0 Å². The van der Waals surface area contributed by atoms with Crippen molar-refractivity contribution in [3.8, 4) is 5.75 Å². The van der Waals surface area contributed by atoms with Gasteiger partial charge in [-0.25, -0.2) is 0 Å². The van der Waals surface area contributed by atoms with Gasteiger partial charge in [-0.3, -0.25) is 9.59 Å². The molecular weight excluding hydrogens is 196 g/mol. The summed E-state index contributed by atoms with van der Waals surface area (Å²) in [5, 5.41) is 11.7. The van der Waals surface area contributed by atoms with E-state index in [4.69, 9.17) is 5.73 Å². The first-order chi connectivity index (χ1) is 7.09. The number of benzene rings is 1. The van der Waals surface area contributed by atoms with Gasteiger partial charge in [-0.2, -0.15) is 0 Å². The molecule has 0 aliphatic heterocycles. The van der Waals surface area contributed by atoms with Gasteiger partial charge in [-0.15, -0.1) is 0 Å². The number of hydrogen-bond donors (Lipinski definition) is 3. The zero-order valence-corrected chi connectivity index (χ0v) is 7.81. The highest BCUT2D eigenvalue weighted by molar-refractivity contribution is 6.03. The average Bonchev–Trinajstić information content (AvgIpc) is 2.18. The van der Waals surface area contributed by atoms with Crippen molar-refractivity contribution >= 4 is 17.5 Å². The molecule has 0 fully saturated rings. The maximum absolute atomic E-state index is 11.2. The molecule has 0 radical (unpaired) electrons. The van der Waals surface area contributed by atoms with Crippen molar-refractivity contribution in [3.05, 3.63) is 36.4 Å². The third-order valence-corrected chi connectivity index (χ3v) is 1.56. The van der Waals surface area contributed by atoms with E-state index < -0.39 is 11.8 Å². The molecule has 0 atom stereocenters. The van der Waals surface area contributed by atoms with E-state index in [0.29, 0.717) is 0 Å². The smallest absolute Gasteiger partial charge is 0.248 e. The van der Waals surface area contributed by atoms with E-state index in [-0.39, 0.29) is 11.4 Å². The number of nitrogens with one attached hydrogen (secondary N) is 1. The van der Waals surface area contributed by atoms with Crippen LogP contribution >= 0.6 is 0 Å². The first-order valence-electron chi connectivity index (χ1n) is 4.16. The molecule has 0 bridgehead atoms. The predicted molar refractivity (Wildman–Crippen MR) is 55.1 cm³/mol. The molecule has 0 saturated carbocycles. The molecule has 5 nitrogen and oxygen atoms in total. The number of anilines is 1. The van der Waals surface area contributed by atoms with Gasteiger partial charge in [0, 0.05) is 12.2 Å². The number of carbonyl (C=O) groups excluding carboxylic acids is 2. The fraction of sp³-hybridized carbons (Fsp3) is 0. The highest BCUT2D eigenvalue weighted by atomic mass is 16.3. The summed E-state index contributed by atoms with van der Waals surface area (Å²) in [7, 11) is 0. The topological polar surface area (TPSA) is 92.4 Å². The minimum Gasteiger partial charge on any atom is -0.506 e. The maximum Gasteiger partial charge on any atom is 0.248 e. The van der Waals surface area contributed by atoms with E-state index in [1.165, 1.54) is 12.1 Å². The predicted octanol–water partition coefficient (Wildman–Crippen LogP) is 0.372. The van der Waals surface area contributed by atoms with Crippen LogP contribution in [0.3, 0.4) is 0 Å². The van der Waals surface area contributed by atoms with Crippen molar-refractivity contribution in [1.29, 1.82) is 0 Å². The van der Waals surface area contributed by atoms with E-state index in [1.54, 1.807) is 12.1 Å². The standard InChI is InChI=1S/C10H10N2O3/c11-9(14)5-6-10(15)12-7-3-1-2-4-8(7)13/h1-6,13H,(H2,11,14)(H,12,15)/b6-5+. The zero-order chi connectivity index (χ0) is 11.3. The number of hydrogen-bond acceptors (Lipinski definition) is 3. The van der Waals surface area contributed by atoms with E-state index in [0.717, 1.165) is 12.2 Å². The average molecular weight is 206 g/mol. The number of rotatable bonds is 3. The number of aromatic hydroxyl groups is 1. The summed E-state index contributed by atoms with van der Waals surface area (Å²) in [6.45, 7) is 0. The Bertz CT molecular complexity index is 413. The van der Waals surface area contributed by atoms with Crippen molar-refractivity contribution in [1.82, 2.24) is 0 Å². The number of primary amides is 1. The van der Waals surface area contributed by atoms with Crippen LogP contribution in [0.25, 0.3) is 0 Å². The lowest BCUT2D eigenvalue weighted by Crippen LogP contribution is -2.11. The van der Waals surface area contributed by atoms with Crippen LogP contribution in [-0.2, 0) is 9.59 Å². The number of nitrogens with two attached hydrogens (primary N) is 1. The molecule has 0 aliphatic carbocycles.